The number of aliphatic carboxylic acids is 2. The third-order valence-electron chi connectivity index (χ3n) is 5.64. The van der Waals surface area contributed by atoms with E-state index in [0.29, 0.717) is 0 Å². The molecule has 0 saturated carbocycles. The normalized spacial score (nSPS) is 16.1. The molecule has 1 aliphatic heterocycles. The minimum absolute atomic E-state index is 0.789. The minimum atomic E-state index is -1.82. The second-order valence-electron chi connectivity index (χ2n) is 7.85. The molecule has 0 atom stereocenters. The number of hydrogen-bond donors (Lipinski definition) is 2. The van der Waals surface area contributed by atoms with Crippen LogP contribution in [0.15, 0.2) is 48.5 Å². The molecule has 31 heavy (non-hydrogen) atoms. The van der Waals surface area contributed by atoms with Crippen LogP contribution in [0.25, 0.3) is 0 Å². The number of carboxylic acid groups (broad SMARTS) is 2. The molecule has 1 fully saturated rings. The number of hydrogen-bond acceptors (Lipinski definition) is 5. The lowest BCUT2D eigenvalue weighted by Crippen LogP contribution is -2.47. The Labute approximate surface area is 182 Å². The Bertz CT molecular complexity index is 852. The van der Waals surface area contributed by atoms with Crippen molar-refractivity contribution < 1.29 is 24.5 Å². The van der Waals surface area contributed by atoms with Crippen molar-refractivity contribution >= 4 is 11.9 Å². The van der Waals surface area contributed by atoms with Gasteiger partial charge in [-0.1, -0.05) is 36.4 Å². The Balaban J connectivity index is 0.000000401. The summed E-state index contributed by atoms with van der Waals surface area (Å²) in [4.78, 5) is 23.3. The number of ether oxygens (including phenoxy) is 1. The fourth-order valence-corrected chi connectivity index (χ4v) is 3.94. The molecule has 1 heterocycles. The zero-order valence-electron chi connectivity index (χ0n) is 17.7. The van der Waals surface area contributed by atoms with Gasteiger partial charge in [-0.25, -0.2) is 9.59 Å². The number of aryl methyl sites for hydroxylation is 2. The summed E-state index contributed by atoms with van der Waals surface area (Å²) in [5.74, 6) is -2.60. The van der Waals surface area contributed by atoms with E-state index in [0.717, 1.165) is 51.6 Å². The van der Waals surface area contributed by atoms with Crippen molar-refractivity contribution in [2.75, 3.05) is 39.3 Å². The Morgan fingerprint density at radius 2 is 1.48 bits per heavy atom. The van der Waals surface area contributed by atoms with Crippen LogP contribution in [0.5, 0.6) is 5.75 Å². The molecule has 2 aromatic rings. The van der Waals surface area contributed by atoms with Gasteiger partial charge in [-0.05, 0) is 48.1 Å². The maximum Gasteiger partial charge on any atom is 0.414 e. The van der Waals surface area contributed by atoms with Gasteiger partial charge in [-0.2, -0.15) is 0 Å². The fourth-order valence-electron chi connectivity index (χ4n) is 3.94. The average molecular weight is 427 g/mol. The molecule has 7 heteroatoms. The second kappa shape index (κ2) is 11.5. The molecule has 0 unspecified atom stereocenters. The Kier molecular flexibility index (Phi) is 8.44. The first-order valence-electron chi connectivity index (χ1n) is 10.7. The maximum absolute atomic E-state index is 9.10. The van der Waals surface area contributed by atoms with Crippen molar-refractivity contribution in [3.8, 4) is 5.75 Å². The standard InChI is InChI=1S/C22H28N2O.C2H2O4/c1-2-5-19(6-3-1)18-24-13-11-23(12-14-24)15-16-25-22-10-9-20-7-4-8-21(20)17-22;3-1(4)2(5)6/h1-3,5-6,9-10,17H,4,7-8,11-16,18H2;(H,3,4)(H,5,6). The molecule has 166 valence electrons. The van der Waals surface area contributed by atoms with E-state index in [9.17, 15) is 0 Å². The first-order chi connectivity index (χ1) is 15.0. The molecule has 1 aliphatic carbocycles. The van der Waals surface area contributed by atoms with Gasteiger partial charge < -0.3 is 14.9 Å². The fraction of sp³-hybridized carbons (Fsp3) is 0.417. The van der Waals surface area contributed by atoms with Crippen molar-refractivity contribution in [3.63, 3.8) is 0 Å². The molecule has 2 aliphatic rings. The van der Waals surface area contributed by atoms with Crippen molar-refractivity contribution in [2.45, 2.75) is 25.8 Å². The molecule has 2 aromatic carbocycles. The molecule has 1 saturated heterocycles. The van der Waals surface area contributed by atoms with Crippen LogP contribution in [0.2, 0.25) is 0 Å². The summed E-state index contributed by atoms with van der Waals surface area (Å²) in [5.41, 5.74) is 4.42. The van der Waals surface area contributed by atoms with Gasteiger partial charge in [-0.3, -0.25) is 9.80 Å². The van der Waals surface area contributed by atoms with E-state index in [4.69, 9.17) is 24.5 Å². The molecule has 0 spiro atoms. The first kappa shape index (κ1) is 22.8. The third kappa shape index (κ3) is 7.38. The molecule has 0 bridgehead atoms. The van der Waals surface area contributed by atoms with E-state index in [2.05, 4.69) is 58.3 Å². The quantitative estimate of drug-likeness (QED) is 0.686. The van der Waals surface area contributed by atoms with Gasteiger partial charge in [0, 0.05) is 39.3 Å². The van der Waals surface area contributed by atoms with E-state index >= 15 is 0 Å². The third-order valence-corrected chi connectivity index (χ3v) is 5.64. The highest BCUT2D eigenvalue weighted by Gasteiger charge is 2.17. The Morgan fingerprint density at radius 3 is 2.16 bits per heavy atom. The summed E-state index contributed by atoms with van der Waals surface area (Å²) in [6.07, 6.45) is 3.75. The van der Waals surface area contributed by atoms with Crippen molar-refractivity contribution in [1.82, 2.24) is 9.80 Å². The SMILES string of the molecule is O=C(O)C(=O)O.c1ccc(CN2CCN(CCOc3ccc4c(c3)CCC4)CC2)cc1. The van der Waals surface area contributed by atoms with Gasteiger partial charge >= 0.3 is 11.9 Å². The smallest absolute Gasteiger partial charge is 0.414 e. The highest BCUT2D eigenvalue weighted by atomic mass is 16.5. The Hall–Kier alpha value is -2.90. The minimum Gasteiger partial charge on any atom is -0.492 e. The lowest BCUT2D eigenvalue weighted by molar-refractivity contribution is -0.159. The van der Waals surface area contributed by atoms with Crippen molar-refractivity contribution in [1.29, 1.82) is 0 Å². The topological polar surface area (TPSA) is 90.3 Å². The molecule has 0 amide bonds. The van der Waals surface area contributed by atoms with Crippen molar-refractivity contribution in [3.05, 3.63) is 65.2 Å². The van der Waals surface area contributed by atoms with Gasteiger partial charge in [-0.15, -0.1) is 0 Å². The summed E-state index contributed by atoms with van der Waals surface area (Å²) in [6, 6.07) is 17.4. The van der Waals surface area contributed by atoms with E-state index in [-0.39, 0.29) is 0 Å². The zero-order chi connectivity index (χ0) is 22.1. The van der Waals surface area contributed by atoms with Crippen molar-refractivity contribution in [2.24, 2.45) is 0 Å². The molecule has 0 radical (unpaired) electrons. The Morgan fingerprint density at radius 1 is 0.839 bits per heavy atom. The predicted molar refractivity (Wildman–Crippen MR) is 117 cm³/mol. The highest BCUT2D eigenvalue weighted by molar-refractivity contribution is 6.27. The van der Waals surface area contributed by atoms with E-state index in [1.54, 1.807) is 0 Å². The summed E-state index contributed by atoms with van der Waals surface area (Å²) >= 11 is 0. The highest BCUT2D eigenvalue weighted by Crippen LogP contribution is 2.26. The molecular weight excluding hydrogens is 396 g/mol. The van der Waals surface area contributed by atoms with Gasteiger partial charge in [0.1, 0.15) is 12.4 Å². The first-order valence-corrected chi connectivity index (χ1v) is 10.7. The average Bonchev–Trinajstić information content (AvgIpc) is 3.24. The number of fused-ring (bicyclic) bond motifs is 1. The number of nitrogens with zero attached hydrogens (tertiary/aromatic N) is 2. The number of piperazine rings is 1. The molecule has 7 nitrogen and oxygen atoms in total. The van der Waals surface area contributed by atoms with Gasteiger partial charge in [0.05, 0.1) is 0 Å². The van der Waals surface area contributed by atoms with E-state index in [1.807, 2.05) is 0 Å². The summed E-state index contributed by atoms with van der Waals surface area (Å²) in [5, 5.41) is 14.8. The summed E-state index contributed by atoms with van der Waals surface area (Å²) in [7, 11) is 0. The van der Waals surface area contributed by atoms with Crippen LogP contribution >= 0.6 is 0 Å². The molecule has 4 rings (SSSR count). The van der Waals surface area contributed by atoms with Gasteiger partial charge in [0.2, 0.25) is 0 Å². The van der Waals surface area contributed by atoms with Crippen LogP contribution in [0.3, 0.4) is 0 Å². The van der Waals surface area contributed by atoms with E-state index in [1.165, 1.54) is 36.0 Å². The van der Waals surface area contributed by atoms with Gasteiger partial charge in [0.15, 0.2) is 0 Å². The summed E-state index contributed by atoms with van der Waals surface area (Å²) in [6.45, 7) is 7.45. The molecule has 2 N–H and O–H groups in total. The zero-order valence-corrected chi connectivity index (χ0v) is 17.7. The van der Waals surface area contributed by atoms with Crippen LogP contribution in [0.1, 0.15) is 23.1 Å². The van der Waals surface area contributed by atoms with Crippen LogP contribution in [0, 0.1) is 0 Å². The predicted octanol–water partition coefficient (Wildman–Crippen LogP) is 2.53. The molecular formula is C24H30N2O5. The van der Waals surface area contributed by atoms with Crippen LogP contribution in [-0.2, 0) is 29.0 Å². The lowest BCUT2D eigenvalue weighted by Gasteiger charge is -2.34. The maximum atomic E-state index is 9.10. The largest absolute Gasteiger partial charge is 0.492 e. The van der Waals surface area contributed by atoms with Crippen LogP contribution in [-0.4, -0.2) is 71.3 Å². The lowest BCUT2D eigenvalue weighted by atomic mass is 10.1. The van der Waals surface area contributed by atoms with Gasteiger partial charge in [0.25, 0.3) is 0 Å². The van der Waals surface area contributed by atoms with Crippen LogP contribution in [0.4, 0.5) is 0 Å². The number of rotatable bonds is 6. The number of carbonyl (C=O) groups is 2. The summed E-state index contributed by atoms with van der Waals surface area (Å²) < 4.78 is 6.00. The monoisotopic (exact) mass is 426 g/mol. The van der Waals surface area contributed by atoms with E-state index < -0.39 is 11.9 Å². The number of carboxylic acids is 2. The molecule has 0 aromatic heterocycles. The second-order valence-corrected chi connectivity index (χ2v) is 7.85. The number of benzene rings is 2. The van der Waals surface area contributed by atoms with Crippen LogP contribution < -0.4 is 4.74 Å².